The number of nitrogens with zero attached hydrogens (tertiary/aromatic N) is 3. The Kier molecular flexibility index (Phi) is 4.15. The topological polar surface area (TPSA) is 96.2 Å². The van der Waals surface area contributed by atoms with E-state index in [0.29, 0.717) is 11.9 Å². The van der Waals surface area contributed by atoms with E-state index >= 15 is 0 Å². The maximum absolute atomic E-state index is 13.9. The highest BCUT2D eigenvalue weighted by Gasteiger charge is 2.22. The van der Waals surface area contributed by atoms with Gasteiger partial charge in [0.15, 0.2) is 5.82 Å². The first-order chi connectivity index (χ1) is 11.5. The number of hydrogen-bond acceptors (Lipinski definition) is 5. The van der Waals surface area contributed by atoms with Crippen molar-refractivity contribution in [2.24, 2.45) is 0 Å². The molecule has 2 aromatic rings. The average Bonchev–Trinajstić information content (AvgIpc) is 3.38. The Hall–Kier alpha value is -2.97. The molecular weight excluding hydrogens is 318 g/mol. The number of nitrogens with two attached hydrogens (primary N) is 1. The minimum Gasteiger partial charge on any atom is -0.396 e. The Bertz CT molecular complexity index is 781. The van der Waals surface area contributed by atoms with Crippen molar-refractivity contribution in [1.82, 2.24) is 9.97 Å². The van der Waals surface area contributed by atoms with Crippen molar-refractivity contribution in [2.45, 2.75) is 18.9 Å². The van der Waals surface area contributed by atoms with Crippen LogP contribution in [0.25, 0.3) is 0 Å². The second-order valence-corrected chi connectivity index (χ2v) is 5.49. The Balaban J connectivity index is 1.76. The number of hydrogen-bond donors (Lipinski definition) is 3. The fourth-order valence-corrected chi connectivity index (χ4v) is 2.02. The predicted molar refractivity (Wildman–Crippen MR) is 86.9 cm³/mol. The largest absolute Gasteiger partial charge is 0.396 e. The number of benzene rings is 1. The summed E-state index contributed by atoms with van der Waals surface area (Å²) in [5, 5.41) is 5.35. The zero-order chi connectivity index (χ0) is 17.3. The smallest absolute Gasteiger partial charge is 0.327 e. The molecule has 4 N–H and O–H groups in total. The Morgan fingerprint density at radius 2 is 2.08 bits per heavy atom. The monoisotopic (exact) mass is 334 g/mol. The van der Waals surface area contributed by atoms with Gasteiger partial charge in [0, 0.05) is 19.2 Å². The molecule has 0 unspecified atom stereocenters. The number of rotatable bonds is 4. The summed E-state index contributed by atoms with van der Waals surface area (Å²) in [4.78, 5) is 21.4. The third-order valence-corrected chi connectivity index (χ3v) is 3.58. The van der Waals surface area contributed by atoms with E-state index in [1.807, 2.05) is 0 Å². The molecule has 126 valence electrons. The lowest BCUT2D eigenvalue weighted by atomic mass is 10.2. The maximum Gasteiger partial charge on any atom is 0.327 e. The van der Waals surface area contributed by atoms with E-state index in [1.54, 1.807) is 6.07 Å². The van der Waals surface area contributed by atoms with Crippen LogP contribution in [0.1, 0.15) is 12.8 Å². The molecule has 1 aromatic heterocycles. The van der Waals surface area contributed by atoms with E-state index in [2.05, 4.69) is 20.6 Å². The molecule has 2 amide bonds. The second-order valence-electron chi connectivity index (χ2n) is 5.49. The first-order valence-electron chi connectivity index (χ1n) is 7.32. The van der Waals surface area contributed by atoms with Crippen molar-refractivity contribution < 1.29 is 13.6 Å². The molecule has 9 heteroatoms. The van der Waals surface area contributed by atoms with E-state index in [0.717, 1.165) is 29.9 Å². The van der Waals surface area contributed by atoms with E-state index in [-0.39, 0.29) is 11.5 Å². The summed E-state index contributed by atoms with van der Waals surface area (Å²) in [6.45, 7) is 0. The first kappa shape index (κ1) is 15.9. The van der Waals surface area contributed by atoms with Crippen LogP contribution in [0.15, 0.2) is 24.5 Å². The predicted octanol–water partition coefficient (Wildman–Crippen LogP) is 2.58. The molecule has 0 aliphatic heterocycles. The standard InChI is InChI=1S/C15H16F2N6O/c1-23(12-6-11(19-7-20-12)21-8-2-3-8)15(24)22-14-9(16)4-5-10(18)13(14)17/h4-8H,2-3,18H2,1H3,(H,22,24)(H,19,20,21). The van der Waals surface area contributed by atoms with Crippen molar-refractivity contribution in [3.63, 3.8) is 0 Å². The van der Waals surface area contributed by atoms with Gasteiger partial charge in [-0.15, -0.1) is 0 Å². The quantitative estimate of drug-likeness (QED) is 0.747. The Morgan fingerprint density at radius 3 is 2.79 bits per heavy atom. The number of halogens is 2. The van der Waals surface area contributed by atoms with Crippen LogP contribution in [0.2, 0.25) is 0 Å². The minimum atomic E-state index is -1.02. The summed E-state index contributed by atoms with van der Waals surface area (Å²) >= 11 is 0. The van der Waals surface area contributed by atoms with E-state index in [4.69, 9.17) is 5.73 Å². The number of urea groups is 1. The summed E-state index contributed by atoms with van der Waals surface area (Å²) in [5.74, 6) is -1.06. The fourth-order valence-electron chi connectivity index (χ4n) is 2.02. The summed E-state index contributed by atoms with van der Waals surface area (Å²) in [7, 11) is 1.43. The lowest BCUT2D eigenvalue weighted by Crippen LogP contribution is -2.32. The van der Waals surface area contributed by atoms with Gasteiger partial charge in [0.05, 0.1) is 5.69 Å². The molecule has 24 heavy (non-hydrogen) atoms. The number of aromatic nitrogens is 2. The number of carbonyl (C=O) groups is 1. The average molecular weight is 334 g/mol. The van der Waals surface area contributed by atoms with Crippen LogP contribution in [-0.4, -0.2) is 29.1 Å². The lowest BCUT2D eigenvalue weighted by Gasteiger charge is -2.18. The Morgan fingerprint density at radius 1 is 1.33 bits per heavy atom. The summed E-state index contributed by atoms with van der Waals surface area (Å²) in [6.07, 6.45) is 3.46. The van der Waals surface area contributed by atoms with Gasteiger partial charge in [0.25, 0.3) is 0 Å². The molecule has 0 saturated heterocycles. The van der Waals surface area contributed by atoms with Gasteiger partial charge in [0.1, 0.15) is 29.5 Å². The zero-order valence-corrected chi connectivity index (χ0v) is 12.9. The molecule has 1 heterocycles. The number of nitrogen functional groups attached to an aromatic ring is 1. The zero-order valence-electron chi connectivity index (χ0n) is 12.9. The van der Waals surface area contributed by atoms with Gasteiger partial charge < -0.3 is 16.4 Å². The molecule has 7 nitrogen and oxygen atoms in total. The van der Waals surface area contributed by atoms with Crippen LogP contribution in [0, 0.1) is 11.6 Å². The van der Waals surface area contributed by atoms with Crippen LogP contribution in [0.4, 0.5) is 36.6 Å². The normalized spacial score (nSPS) is 13.5. The van der Waals surface area contributed by atoms with Crippen molar-refractivity contribution in [3.05, 3.63) is 36.2 Å². The number of anilines is 4. The van der Waals surface area contributed by atoms with Gasteiger partial charge in [-0.1, -0.05) is 0 Å². The maximum atomic E-state index is 13.9. The van der Waals surface area contributed by atoms with Crippen molar-refractivity contribution in [3.8, 4) is 0 Å². The molecule has 1 aliphatic rings. The van der Waals surface area contributed by atoms with Crippen LogP contribution < -0.4 is 21.3 Å². The third kappa shape index (κ3) is 3.34. The molecule has 1 saturated carbocycles. The van der Waals surface area contributed by atoms with E-state index in [9.17, 15) is 13.6 Å². The second kappa shape index (κ2) is 6.26. The van der Waals surface area contributed by atoms with Crippen molar-refractivity contribution in [1.29, 1.82) is 0 Å². The minimum absolute atomic E-state index is 0.257. The Labute approximate surface area is 136 Å². The highest BCUT2D eigenvalue weighted by Crippen LogP contribution is 2.26. The SMILES string of the molecule is CN(C(=O)Nc1c(F)ccc(N)c1F)c1cc(NC2CC2)ncn1. The highest BCUT2D eigenvalue weighted by atomic mass is 19.1. The fraction of sp³-hybridized carbons (Fsp3) is 0.267. The van der Waals surface area contributed by atoms with Crippen LogP contribution in [0.3, 0.4) is 0 Å². The molecule has 0 radical (unpaired) electrons. The van der Waals surface area contributed by atoms with Crippen LogP contribution >= 0.6 is 0 Å². The molecule has 1 aliphatic carbocycles. The van der Waals surface area contributed by atoms with E-state index in [1.165, 1.54) is 13.4 Å². The highest BCUT2D eigenvalue weighted by molar-refractivity contribution is 6.01. The molecule has 3 rings (SSSR count). The summed E-state index contributed by atoms with van der Waals surface area (Å²) in [5.41, 5.74) is 4.53. The molecule has 1 fully saturated rings. The third-order valence-electron chi connectivity index (χ3n) is 3.58. The molecule has 1 aromatic carbocycles. The van der Waals surface area contributed by atoms with Gasteiger partial charge >= 0.3 is 6.03 Å². The van der Waals surface area contributed by atoms with Gasteiger partial charge in [-0.05, 0) is 25.0 Å². The number of amides is 2. The van der Waals surface area contributed by atoms with Crippen molar-refractivity contribution in [2.75, 3.05) is 28.3 Å². The van der Waals surface area contributed by atoms with Crippen LogP contribution in [-0.2, 0) is 0 Å². The summed E-state index contributed by atoms with van der Waals surface area (Å²) < 4.78 is 27.6. The molecule has 0 spiro atoms. The molecule has 0 atom stereocenters. The van der Waals surface area contributed by atoms with Gasteiger partial charge in [-0.3, -0.25) is 4.90 Å². The molecular formula is C15H16F2N6O. The first-order valence-corrected chi connectivity index (χ1v) is 7.32. The van der Waals surface area contributed by atoms with E-state index < -0.39 is 23.4 Å². The molecule has 0 bridgehead atoms. The van der Waals surface area contributed by atoms with Gasteiger partial charge in [-0.25, -0.2) is 23.5 Å². The summed E-state index contributed by atoms with van der Waals surface area (Å²) in [6, 6.07) is 3.29. The lowest BCUT2D eigenvalue weighted by molar-refractivity contribution is 0.257. The number of nitrogens with one attached hydrogen (secondary N) is 2. The van der Waals surface area contributed by atoms with Crippen molar-refractivity contribution >= 4 is 29.0 Å². The van der Waals surface area contributed by atoms with Crippen LogP contribution in [0.5, 0.6) is 0 Å². The van der Waals surface area contributed by atoms with Gasteiger partial charge in [-0.2, -0.15) is 0 Å². The van der Waals surface area contributed by atoms with Gasteiger partial charge in [0.2, 0.25) is 0 Å². The number of carbonyl (C=O) groups excluding carboxylic acids is 1.